The number of nitrogens with one attached hydrogen (secondary N) is 2. The predicted octanol–water partition coefficient (Wildman–Crippen LogP) is 3.02. The lowest BCUT2D eigenvalue weighted by molar-refractivity contribution is 0.0499. The van der Waals surface area contributed by atoms with Gasteiger partial charge in [0.1, 0.15) is 0 Å². The van der Waals surface area contributed by atoms with Gasteiger partial charge in [0.15, 0.2) is 0 Å². The molecule has 128 valence electrons. The molecule has 1 aliphatic carbocycles. The first-order valence-electron chi connectivity index (χ1n) is 8.03. The Morgan fingerprint density at radius 2 is 2.00 bits per heavy atom. The standard InChI is InChI=1S/C17H25ClN2O3/c1-23-11-8-15(13-4-6-14(18)7-5-13)20-16(21)19-12-17(22)9-2-3-10-17/h4-7,15,22H,2-3,8-12H2,1H3,(H2,19,20,21). The summed E-state index contributed by atoms with van der Waals surface area (Å²) in [6.45, 7) is 0.827. The summed E-state index contributed by atoms with van der Waals surface area (Å²) in [6, 6.07) is 6.96. The minimum absolute atomic E-state index is 0.162. The van der Waals surface area contributed by atoms with Crippen molar-refractivity contribution in [2.75, 3.05) is 20.3 Å². The first-order valence-corrected chi connectivity index (χ1v) is 8.41. The van der Waals surface area contributed by atoms with E-state index in [-0.39, 0.29) is 18.6 Å². The van der Waals surface area contributed by atoms with Crippen molar-refractivity contribution in [3.05, 3.63) is 34.9 Å². The van der Waals surface area contributed by atoms with Gasteiger partial charge in [-0.1, -0.05) is 36.6 Å². The summed E-state index contributed by atoms with van der Waals surface area (Å²) in [4.78, 5) is 12.2. The zero-order chi connectivity index (χ0) is 16.7. The summed E-state index contributed by atoms with van der Waals surface area (Å²) >= 11 is 5.91. The Kier molecular flexibility index (Phi) is 6.69. The third-order valence-corrected chi connectivity index (χ3v) is 4.55. The van der Waals surface area contributed by atoms with E-state index in [1.807, 2.05) is 12.1 Å². The quantitative estimate of drug-likeness (QED) is 0.714. The molecule has 1 fully saturated rings. The summed E-state index contributed by atoms with van der Waals surface area (Å²) < 4.78 is 5.12. The Balaban J connectivity index is 1.91. The van der Waals surface area contributed by atoms with Crippen LogP contribution in [0.2, 0.25) is 5.02 Å². The summed E-state index contributed by atoms with van der Waals surface area (Å²) in [7, 11) is 1.63. The van der Waals surface area contributed by atoms with Gasteiger partial charge in [0, 0.05) is 25.3 Å². The Bertz CT molecular complexity index is 501. The molecular formula is C17H25ClN2O3. The minimum atomic E-state index is -0.750. The average Bonchev–Trinajstić information content (AvgIpc) is 2.97. The Morgan fingerprint density at radius 1 is 1.35 bits per heavy atom. The van der Waals surface area contributed by atoms with Crippen LogP contribution >= 0.6 is 11.6 Å². The molecule has 2 amide bonds. The second-order valence-electron chi connectivity index (χ2n) is 6.14. The average molecular weight is 341 g/mol. The highest BCUT2D eigenvalue weighted by atomic mass is 35.5. The predicted molar refractivity (Wildman–Crippen MR) is 90.6 cm³/mol. The van der Waals surface area contributed by atoms with Gasteiger partial charge < -0.3 is 20.5 Å². The molecule has 23 heavy (non-hydrogen) atoms. The number of hydrogen-bond acceptors (Lipinski definition) is 3. The second-order valence-corrected chi connectivity index (χ2v) is 6.58. The fraction of sp³-hybridized carbons (Fsp3) is 0.588. The molecule has 5 nitrogen and oxygen atoms in total. The number of methoxy groups -OCH3 is 1. The molecule has 0 aromatic heterocycles. The zero-order valence-electron chi connectivity index (χ0n) is 13.5. The molecule has 1 saturated carbocycles. The van der Waals surface area contributed by atoms with E-state index >= 15 is 0 Å². The van der Waals surface area contributed by atoms with E-state index in [0.29, 0.717) is 18.1 Å². The van der Waals surface area contributed by atoms with Crippen molar-refractivity contribution in [1.82, 2.24) is 10.6 Å². The topological polar surface area (TPSA) is 70.6 Å². The van der Waals surface area contributed by atoms with Crippen LogP contribution in [0.25, 0.3) is 0 Å². The molecular weight excluding hydrogens is 316 g/mol. The van der Waals surface area contributed by atoms with Crippen LogP contribution in [-0.4, -0.2) is 37.0 Å². The first kappa shape index (κ1) is 18.0. The first-order chi connectivity index (χ1) is 11.0. The molecule has 1 aromatic rings. The van der Waals surface area contributed by atoms with E-state index in [9.17, 15) is 9.90 Å². The molecule has 6 heteroatoms. The molecule has 3 N–H and O–H groups in total. The van der Waals surface area contributed by atoms with Gasteiger partial charge in [-0.15, -0.1) is 0 Å². The fourth-order valence-electron chi connectivity index (χ4n) is 2.92. The van der Waals surface area contributed by atoms with Gasteiger partial charge in [-0.05, 0) is 37.0 Å². The largest absolute Gasteiger partial charge is 0.388 e. The van der Waals surface area contributed by atoms with Gasteiger partial charge in [0.25, 0.3) is 0 Å². The number of carbonyl (C=O) groups is 1. The van der Waals surface area contributed by atoms with Gasteiger partial charge >= 0.3 is 6.03 Å². The molecule has 0 bridgehead atoms. The minimum Gasteiger partial charge on any atom is -0.388 e. The van der Waals surface area contributed by atoms with Crippen molar-refractivity contribution < 1.29 is 14.6 Å². The maximum Gasteiger partial charge on any atom is 0.315 e. The molecule has 1 aromatic carbocycles. The van der Waals surface area contributed by atoms with Crippen molar-refractivity contribution in [3.8, 4) is 0 Å². The number of halogens is 1. The van der Waals surface area contributed by atoms with Crippen LogP contribution in [0.5, 0.6) is 0 Å². The van der Waals surface area contributed by atoms with Crippen LogP contribution in [0, 0.1) is 0 Å². The SMILES string of the molecule is COCCC(NC(=O)NCC1(O)CCCC1)c1ccc(Cl)cc1. The van der Waals surface area contributed by atoms with Crippen molar-refractivity contribution in [2.24, 2.45) is 0 Å². The Hall–Kier alpha value is -1.30. The summed E-state index contributed by atoms with van der Waals surface area (Å²) in [6.07, 6.45) is 4.19. The lowest BCUT2D eigenvalue weighted by Crippen LogP contribution is -2.46. The monoisotopic (exact) mass is 340 g/mol. The summed E-state index contributed by atoms with van der Waals surface area (Å²) in [5, 5.41) is 16.7. The van der Waals surface area contributed by atoms with E-state index in [1.54, 1.807) is 19.2 Å². The van der Waals surface area contributed by atoms with Gasteiger partial charge in [0.2, 0.25) is 0 Å². The van der Waals surface area contributed by atoms with E-state index in [0.717, 1.165) is 31.2 Å². The van der Waals surface area contributed by atoms with Crippen LogP contribution in [0.3, 0.4) is 0 Å². The number of urea groups is 1. The van der Waals surface area contributed by atoms with Gasteiger partial charge in [-0.25, -0.2) is 4.79 Å². The molecule has 1 atom stereocenters. The highest BCUT2D eigenvalue weighted by molar-refractivity contribution is 6.30. The number of rotatable bonds is 7. The third-order valence-electron chi connectivity index (χ3n) is 4.30. The smallest absolute Gasteiger partial charge is 0.315 e. The maximum absolute atomic E-state index is 12.2. The Labute approximate surface area is 142 Å². The second kappa shape index (κ2) is 8.52. The lowest BCUT2D eigenvalue weighted by atomic mass is 10.0. The molecule has 0 saturated heterocycles. The van der Waals surface area contributed by atoms with Crippen LogP contribution in [0.1, 0.15) is 43.7 Å². The fourth-order valence-corrected chi connectivity index (χ4v) is 3.04. The van der Waals surface area contributed by atoms with E-state index in [1.165, 1.54) is 0 Å². The van der Waals surface area contributed by atoms with Crippen LogP contribution in [-0.2, 0) is 4.74 Å². The van der Waals surface area contributed by atoms with Crippen molar-refractivity contribution in [1.29, 1.82) is 0 Å². The molecule has 0 aliphatic heterocycles. The van der Waals surface area contributed by atoms with Crippen LogP contribution in [0.15, 0.2) is 24.3 Å². The van der Waals surface area contributed by atoms with Gasteiger partial charge in [-0.2, -0.15) is 0 Å². The highest BCUT2D eigenvalue weighted by Crippen LogP contribution is 2.28. The number of amides is 2. The normalized spacial score (nSPS) is 17.7. The van der Waals surface area contributed by atoms with Gasteiger partial charge in [0.05, 0.1) is 11.6 Å². The molecule has 0 heterocycles. The van der Waals surface area contributed by atoms with Crippen molar-refractivity contribution >= 4 is 17.6 Å². The van der Waals surface area contributed by atoms with Crippen LogP contribution < -0.4 is 10.6 Å². The summed E-state index contributed by atoms with van der Waals surface area (Å²) in [5.74, 6) is 0. The maximum atomic E-state index is 12.2. The number of benzene rings is 1. The van der Waals surface area contributed by atoms with Crippen LogP contribution in [0.4, 0.5) is 4.79 Å². The zero-order valence-corrected chi connectivity index (χ0v) is 14.2. The highest BCUT2D eigenvalue weighted by Gasteiger charge is 2.31. The van der Waals surface area contributed by atoms with Crippen molar-refractivity contribution in [2.45, 2.75) is 43.7 Å². The lowest BCUT2D eigenvalue weighted by Gasteiger charge is -2.24. The molecule has 2 rings (SSSR count). The van der Waals surface area contributed by atoms with Gasteiger partial charge in [-0.3, -0.25) is 0 Å². The summed E-state index contributed by atoms with van der Waals surface area (Å²) in [5.41, 5.74) is 0.223. The number of aliphatic hydroxyl groups is 1. The number of hydrogen-bond donors (Lipinski definition) is 3. The van der Waals surface area contributed by atoms with Crippen molar-refractivity contribution in [3.63, 3.8) is 0 Å². The third kappa shape index (κ3) is 5.68. The molecule has 1 aliphatic rings. The molecule has 1 unspecified atom stereocenters. The van der Waals surface area contributed by atoms with E-state index < -0.39 is 5.60 Å². The number of ether oxygens (including phenoxy) is 1. The molecule has 0 spiro atoms. The number of carbonyl (C=O) groups excluding carboxylic acids is 1. The molecule has 0 radical (unpaired) electrons. The van der Waals surface area contributed by atoms with E-state index in [4.69, 9.17) is 16.3 Å². The van der Waals surface area contributed by atoms with E-state index in [2.05, 4.69) is 10.6 Å². The Morgan fingerprint density at radius 3 is 2.61 bits per heavy atom.